The van der Waals surface area contributed by atoms with Crippen LogP contribution in [-0.2, 0) is 4.79 Å². The van der Waals surface area contributed by atoms with Crippen molar-refractivity contribution in [3.63, 3.8) is 0 Å². The molecule has 0 radical (unpaired) electrons. The maximum Gasteiger partial charge on any atom is 0.234 e. The number of piperazine rings is 1. The van der Waals surface area contributed by atoms with Crippen LogP contribution in [0.15, 0.2) is 42.5 Å². The predicted molar refractivity (Wildman–Crippen MR) is 103 cm³/mol. The summed E-state index contributed by atoms with van der Waals surface area (Å²) in [6, 6.07) is 11.2. The lowest BCUT2D eigenvalue weighted by Crippen LogP contribution is -2.49. The van der Waals surface area contributed by atoms with Gasteiger partial charge in [0.2, 0.25) is 5.91 Å². The SMILES string of the molecule is Cc1ccccc1N1CCN(CC(=O)N[C@H](C)c2ccc(F)cc2F)CC1. The van der Waals surface area contributed by atoms with Gasteiger partial charge in [0.15, 0.2) is 0 Å². The van der Waals surface area contributed by atoms with Crippen molar-refractivity contribution in [2.24, 2.45) is 0 Å². The summed E-state index contributed by atoms with van der Waals surface area (Å²) in [5.41, 5.74) is 2.77. The molecule has 0 spiro atoms. The molecule has 1 N–H and O–H groups in total. The number of para-hydroxylation sites is 1. The van der Waals surface area contributed by atoms with E-state index in [-0.39, 0.29) is 18.0 Å². The average Bonchev–Trinajstić information content (AvgIpc) is 2.62. The zero-order valence-corrected chi connectivity index (χ0v) is 15.7. The van der Waals surface area contributed by atoms with Crippen LogP contribution in [0.2, 0.25) is 0 Å². The molecule has 27 heavy (non-hydrogen) atoms. The normalized spacial score (nSPS) is 16.2. The van der Waals surface area contributed by atoms with Crippen LogP contribution >= 0.6 is 0 Å². The second kappa shape index (κ2) is 8.48. The highest BCUT2D eigenvalue weighted by Gasteiger charge is 2.21. The first kappa shape index (κ1) is 19.3. The summed E-state index contributed by atoms with van der Waals surface area (Å²) < 4.78 is 26.9. The highest BCUT2D eigenvalue weighted by molar-refractivity contribution is 5.78. The maximum absolute atomic E-state index is 13.8. The van der Waals surface area contributed by atoms with Crippen molar-refractivity contribution >= 4 is 11.6 Å². The van der Waals surface area contributed by atoms with Crippen LogP contribution in [0.5, 0.6) is 0 Å². The minimum Gasteiger partial charge on any atom is -0.369 e. The number of carbonyl (C=O) groups is 1. The maximum atomic E-state index is 13.8. The zero-order valence-electron chi connectivity index (χ0n) is 15.7. The van der Waals surface area contributed by atoms with Crippen molar-refractivity contribution in [2.45, 2.75) is 19.9 Å². The fourth-order valence-electron chi connectivity index (χ4n) is 3.49. The monoisotopic (exact) mass is 373 g/mol. The van der Waals surface area contributed by atoms with E-state index in [0.29, 0.717) is 0 Å². The van der Waals surface area contributed by atoms with Crippen molar-refractivity contribution in [1.82, 2.24) is 10.2 Å². The van der Waals surface area contributed by atoms with Gasteiger partial charge in [0.25, 0.3) is 0 Å². The summed E-state index contributed by atoms with van der Waals surface area (Å²) in [4.78, 5) is 16.7. The van der Waals surface area contributed by atoms with Gasteiger partial charge in [-0.1, -0.05) is 24.3 Å². The molecule has 0 aliphatic carbocycles. The quantitative estimate of drug-likeness (QED) is 0.874. The number of anilines is 1. The van der Waals surface area contributed by atoms with Gasteiger partial charge in [-0.3, -0.25) is 9.69 Å². The first-order chi connectivity index (χ1) is 12.9. The molecule has 6 heteroatoms. The lowest BCUT2D eigenvalue weighted by molar-refractivity contribution is -0.123. The molecule has 1 atom stereocenters. The van der Waals surface area contributed by atoms with Crippen LogP contribution in [-0.4, -0.2) is 43.5 Å². The highest BCUT2D eigenvalue weighted by atomic mass is 19.1. The topological polar surface area (TPSA) is 35.6 Å². The van der Waals surface area contributed by atoms with Gasteiger partial charge in [-0.2, -0.15) is 0 Å². The second-order valence-electron chi connectivity index (χ2n) is 7.00. The third-order valence-electron chi connectivity index (χ3n) is 5.00. The Labute approximate surface area is 158 Å². The van der Waals surface area contributed by atoms with E-state index in [0.717, 1.165) is 32.2 Å². The van der Waals surface area contributed by atoms with Gasteiger partial charge in [-0.05, 0) is 31.5 Å². The van der Waals surface area contributed by atoms with Crippen LogP contribution < -0.4 is 10.2 Å². The molecule has 2 aromatic carbocycles. The Morgan fingerprint density at radius 3 is 2.48 bits per heavy atom. The Bertz CT molecular complexity index is 804. The van der Waals surface area contributed by atoms with E-state index in [9.17, 15) is 13.6 Å². The number of nitrogens with one attached hydrogen (secondary N) is 1. The Kier molecular flexibility index (Phi) is 6.06. The molecule has 3 rings (SSSR count). The fourth-order valence-corrected chi connectivity index (χ4v) is 3.49. The van der Waals surface area contributed by atoms with E-state index in [2.05, 4.69) is 34.2 Å². The number of hydrogen-bond acceptors (Lipinski definition) is 3. The fraction of sp³-hybridized carbons (Fsp3) is 0.381. The lowest BCUT2D eigenvalue weighted by Gasteiger charge is -2.36. The second-order valence-corrected chi connectivity index (χ2v) is 7.00. The summed E-state index contributed by atoms with van der Waals surface area (Å²) >= 11 is 0. The van der Waals surface area contributed by atoms with Crippen LogP contribution in [0.3, 0.4) is 0 Å². The number of amides is 1. The molecule has 0 saturated carbocycles. The van der Waals surface area contributed by atoms with E-state index >= 15 is 0 Å². The minimum atomic E-state index is -0.644. The van der Waals surface area contributed by atoms with E-state index in [1.807, 2.05) is 12.1 Å². The van der Waals surface area contributed by atoms with Crippen LogP contribution in [0.4, 0.5) is 14.5 Å². The molecule has 1 heterocycles. The van der Waals surface area contributed by atoms with Crippen LogP contribution in [0, 0.1) is 18.6 Å². The van der Waals surface area contributed by atoms with E-state index < -0.39 is 17.7 Å². The molecule has 1 aliphatic rings. The molecule has 144 valence electrons. The van der Waals surface area contributed by atoms with Crippen molar-refractivity contribution in [1.29, 1.82) is 0 Å². The molecule has 1 amide bonds. The van der Waals surface area contributed by atoms with Gasteiger partial charge >= 0.3 is 0 Å². The average molecular weight is 373 g/mol. The van der Waals surface area contributed by atoms with Crippen molar-refractivity contribution in [3.8, 4) is 0 Å². The standard InChI is InChI=1S/C21H25F2N3O/c1-15-5-3-4-6-20(15)26-11-9-25(10-12-26)14-21(27)24-16(2)18-8-7-17(22)13-19(18)23/h3-8,13,16H,9-12,14H2,1-2H3,(H,24,27)/t16-/m1/s1. The summed E-state index contributed by atoms with van der Waals surface area (Å²) in [5.74, 6) is -1.42. The van der Waals surface area contributed by atoms with Crippen molar-refractivity contribution in [3.05, 3.63) is 65.2 Å². The third kappa shape index (κ3) is 4.83. The molecule has 1 aliphatic heterocycles. The van der Waals surface area contributed by atoms with E-state index in [4.69, 9.17) is 0 Å². The summed E-state index contributed by atoms with van der Waals surface area (Å²) in [7, 11) is 0. The number of nitrogens with zero attached hydrogens (tertiary/aromatic N) is 2. The van der Waals surface area contributed by atoms with Gasteiger partial charge < -0.3 is 10.2 Å². The number of rotatable bonds is 5. The van der Waals surface area contributed by atoms with Crippen LogP contribution in [0.1, 0.15) is 24.1 Å². The van der Waals surface area contributed by atoms with Crippen LogP contribution in [0.25, 0.3) is 0 Å². The minimum absolute atomic E-state index is 0.157. The molecule has 0 bridgehead atoms. The molecule has 0 aromatic heterocycles. The third-order valence-corrected chi connectivity index (χ3v) is 5.00. The Morgan fingerprint density at radius 2 is 1.81 bits per heavy atom. The van der Waals surface area contributed by atoms with E-state index in [1.54, 1.807) is 6.92 Å². The van der Waals surface area contributed by atoms with Gasteiger partial charge in [0, 0.05) is 43.5 Å². The first-order valence-electron chi connectivity index (χ1n) is 9.21. The number of hydrogen-bond donors (Lipinski definition) is 1. The predicted octanol–water partition coefficient (Wildman–Crippen LogP) is 3.27. The van der Waals surface area contributed by atoms with Crippen molar-refractivity contribution in [2.75, 3.05) is 37.6 Å². The van der Waals surface area contributed by atoms with Gasteiger partial charge in [-0.25, -0.2) is 8.78 Å². The Hall–Kier alpha value is -2.47. The summed E-state index contributed by atoms with van der Waals surface area (Å²) in [5, 5.41) is 2.80. The Balaban J connectivity index is 1.50. The first-order valence-corrected chi connectivity index (χ1v) is 9.21. The van der Waals surface area contributed by atoms with Gasteiger partial charge in [0.05, 0.1) is 12.6 Å². The molecule has 2 aromatic rings. The summed E-state index contributed by atoms with van der Waals surface area (Å²) in [6.45, 7) is 7.38. The smallest absolute Gasteiger partial charge is 0.234 e. The lowest BCUT2D eigenvalue weighted by atomic mass is 10.1. The number of aryl methyl sites for hydroxylation is 1. The molecule has 1 fully saturated rings. The molecule has 4 nitrogen and oxygen atoms in total. The Morgan fingerprint density at radius 1 is 1.11 bits per heavy atom. The number of halogens is 2. The zero-order chi connectivity index (χ0) is 19.4. The summed E-state index contributed by atoms with van der Waals surface area (Å²) in [6.07, 6.45) is 0. The highest BCUT2D eigenvalue weighted by Crippen LogP contribution is 2.21. The largest absolute Gasteiger partial charge is 0.369 e. The van der Waals surface area contributed by atoms with Gasteiger partial charge in [0.1, 0.15) is 11.6 Å². The van der Waals surface area contributed by atoms with E-state index in [1.165, 1.54) is 23.4 Å². The van der Waals surface area contributed by atoms with Gasteiger partial charge in [-0.15, -0.1) is 0 Å². The number of carbonyl (C=O) groups excluding carboxylic acids is 1. The molecular weight excluding hydrogens is 348 g/mol. The molecule has 1 saturated heterocycles. The number of benzene rings is 2. The molecular formula is C21H25F2N3O. The van der Waals surface area contributed by atoms with Crippen molar-refractivity contribution < 1.29 is 13.6 Å². The molecule has 0 unspecified atom stereocenters.